The normalized spacial score (nSPS) is 29.0. The Balaban J connectivity index is 1.74. The minimum Gasteiger partial charge on any atom is -0.318 e. The van der Waals surface area contributed by atoms with E-state index in [4.69, 9.17) is 0 Å². The molecule has 2 fully saturated rings. The number of unbranched alkanes of at least 4 members (excludes halogenated alkanes) is 1. The van der Waals surface area contributed by atoms with E-state index in [-0.39, 0.29) is 0 Å². The van der Waals surface area contributed by atoms with E-state index in [1.165, 1.54) is 70.8 Å². The molecule has 0 heterocycles. The molecule has 0 aromatic carbocycles. The first-order chi connectivity index (χ1) is 12.1. The summed E-state index contributed by atoms with van der Waals surface area (Å²) in [6.45, 7) is 10.4. The molecule has 3 nitrogen and oxygen atoms in total. The Morgan fingerprint density at radius 3 is 2.40 bits per heavy atom. The molecule has 3 unspecified atom stereocenters. The summed E-state index contributed by atoms with van der Waals surface area (Å²) in [5.41, 5.74) is 0.728. The molecule has 2 saturated carbocycles. The van der Waals surface area contributed by atoms with Crippen LogP contribution in [-0.4, -0.2) is 38.8 Å². The molecule has 0 radical (unpaired) electrons. The van der Waals surface area contributed by atoms with Crippen LogP contribution in [0.1, 0.15) is 85.0 Å². The minimum absolute atomic E-state index is 0.588. The molecular weight excluding hydrogens is 306 g/mol. The molecule has 0 aromatic rings. The molecule has 0 aliphatic heterocycles. The minimum atomic E-state index is 0.588. The van der Waals surface area contributed by atoms with Gasteiger partial charge in [-0.25, -0.2) is 0 Å². The van der Waals surface area contributed by atoms with Crippen LogP contribution in [0.15, 0.2) is 0 Å². The van der Waals surface area contributed by atoms with Crippen LogP contribution in [-0.2, 0) is 0 Å². The van der Waals surface area contributed by atoms with Crippen LogP contribution in [0.25, 0.3) is 0 Å². The molecular formula is C22H45N3. The summed E-state index contributed by atoms with van der Waals surface area (Å²) in [5.74, 6) is 1.81. The number of likely N-dealkylation sites (N-methyl/N-ethyl adjacent to an activating group) is 1. The fraction of sp³-hybridized carbons (Fsp3) is 1.00. The Labute approximate surface area is 157 Å². The molecule has 2 rings (SSSR count). The smallest absolute Gasteiger partial charge is 0.0218 e. The second-order valence-corrected chi connectivity index (χ2v) is 9.15. The molecule has 3 atom stereocenters. The zero-order valence-corrected chi connectivity index (χ0v) is 17.5. The van der Waals surface area contributed by atoms with Gasteiger partial charge in [0, 0.05) is 25.2 Å². The van der Waals surface area contributed by atoms with Gasteiger partial charge in [0.1, 0.15) is 0 Å². The summed E-state index contributed by atoms with van der Waals surface area (Å²) >= 11 is 0. The highest BCUT2D eigenvalue weighted by Gasteiger charge is 2.43. The lowest BCUT2D eigenvalue weighted by molar-refractivity contribution is 0.257. The number of nitrogens with one attached hydrogen (secondary N) is 3. The highest BCUT2D eigenvalue weighted by molar-refractivity contribution is 4.96. The van der Waals surface area contributed by atoms with E-state index in [1.807, 2.05) is 0 Å². The number of hydrogen-bond donors (Lipinski definition) is 3. The second kappa shape index (κ2) is 10.9. The van der Waals surface area contributed by atoms with Crippen LogP contribution >= 0.6 is 0 Å². The van der Waals surface area contributed by atoms with Crippen molar-refractivity contribution in [3.63, 3.8) is 0 Å². The zero-order valence-electron chi connectivity index (χ0n) is 17.5. The van der Waals surface area contributed by atoms with E-state index >= 15 is 0 Å². The summed E-state index contributed by atoms with van der Waals surface area (Å²) in [6, 6.07) is 1.23. The fourth-order valence-corrected chi connectivity index (χ4v) is 5.20. The van der Waals surface area contributed by atoms with Crippen molar-refractivity contribution in [1.29, 1.82) is 0 Å². The van der Waals surface area contributed by atoms with Gasteiger partial charge < -0.3 is 16.0 Å². The predicted octanol–water partition coefficient (Wildman–Crippen LogP) is 4.33. The zero-order chi connectivity index (χ0) is 18.1. The van der Waals surface area contributed by atoms with E-state index in [0.717, 1.165) is 30.3 Å². The summed E-state index contributed by atoms with van der Waals surface area (Å²) in [4.78, 5) is 0. The average molecular weight is 352 g/mol. The van der Waals surface area contributed by atoms with Gasteiger partial charge in [-0.2, -0.15) is 0 Å². The SMILES string of the molecule is CCCCC(CNC(CNC)C(C)CC)NCCC12CCC(CC1)C2. The molecule has 2 bridgehead atoms. The lowest BCUT2D eigenvalue weighted by Crippen LogP contribution is -2.48. The first-order valence-corrected chi connectivity index (χ1v) is 11.2. The Morgan fingerprint density at radius 2 is 1.84 bits per heavy atom. The van der Waals surface area contributed by atoms with Crippen molar-refractivity contribution in [3.05, 3.63) is 0 Å². The summed E-state index contributed by atoms with van der Waals surface area (Å²) in [7, 11) is 2.07. The first-order valence-electron chi connectivity index (χ1n) is 11.2. The maximum Gasteiger partial charge on any atom is 0.0218 e. The molecule has 148 valence electrons. The Bertz CT molecular complexity index is 349. The molecule has 3 N–H and O–H groups in total. The van der Waals surface area contributed by atoms with Crippen LogP contribution in [0.4, 0.5) is 0 Å². The van der Waals surface area contributed by atoms with Crippen molar-refractivity contribution in [2.24, 2.45) is 17.3 Å². The lowest BCUT2D eigenvalue weighted by atomic mass is 9.81. The monoisotopic (exact) mass is 351 g/mol. The lowest BCUT2D eigenvalue weighted by Gasteiger charge is -2.30. The largest absolute Gasteiger partial charge is 0.318 e. The average Bonchev–Trinajstić information content (AvgIpc) is 3.22. The van der Waals surface area contributed by atoms with Gasteiger partial charge in [-0.1, -0.05) is 40.0 Å². The van der Waals surface area contributed by atoms with E-state index in [0.29, 0.717) is 12.1 Å². The van der Waals surface area contributed by atoms with Crippen LogP contribution < -0.4 is 16.0 Å². The molecule has 2 aliphatic rings. The number of hydrogen-bond acceptors (Lipinski definition) is 3. The van der Waals surface area contributed by atoms with Crippen molar-refractivity contribution in [1.82, 2.24) is 16.0 Å². The third kappa shape index (κ3) is 6.52. The highest BCUT2D eigenvalue weighted by atomic mass is 15.0. The first kappa shape index (κ1) is 21.2. The third-order valence-electron chi connectivity index (χ3n) is 7.26. The van der Waals surface area contributed by atoms with Gasteiger partial charge in [0.25, 0.3) is 0 Å². The van der Waals surface area contributed by atoms with Gasteiger partial charge in [-0.15, -0.1) is 0 Å². The van der Waals surface area contributed by atoms with Crippen molar-refractivity contribution in [2.45, 2.75) is 97.1 Å². The second-order valence-electron chi connectivity index (χ2n) is 9.15. The van der Waals surface area contributed by atoms with Crippen LogP contribution in [0.5, 0.6) is 0 Å². The van der Waals surface area contributed by atoms with Crippen LogP contribution in [0.3, 0.4) is 0 Å². The van der Waals surface area contributed by atoms with Gasteiger partial charge in [-0.3, -0.25) is 0 Å². The van der Waals surface area contributed by atoms with Gasteiger partial charge in [0.2, 0.25) is 0 Å². The number of rotatable bonds is 14. The van der Waals surface area contributed by atoms with Gasteiger partial charge >= 0.3 is 0 Å². The van der Waals surface area contributed by atoms with Gasteiger partial charge in [0.15, 0.2) is 0 Å². The maximum atomic E-state index is 3.93. The molecule has 0 aromatic heterocycles. The Kier molecular flexibility index (Phi) is 9.23. The highest BCUT2D eigenvalue weighted by Crippen LogP contribution is 2.55. The summed E-state index contributed by atoms with van der Waals surface area (Å²) < 4.78 is 0. The van der Waals surface area contributed by atoms with E-state index in [1.54, 1.807) is 0 Å². The third-order valence-corrected chi connectivity index (χ3v) is 7.26. The molecule has 2 aliphatic carbocycles. The quantitative estimate of drug-likeness (QED) is 0.436. The maximum absolute atomic E-state index is 3.93. The van der Waals surface area contributed by atoms with Gasteiger partial charge in [0.05, 0.1) is 0 Å². The molecule has 3 heteroatoms. The predicted molar refractivity (Wildman–Crippen MR) is 110 cm³/mol. The van der Waals surface area contributed by atoms with Crippen LogP contribution in [0.2, 0.25) is 0 Å². The summed E-state index contributed by atoms with van der Waals surface area (Å²) in [5, 5.41) is 11.2. The molecule has 0 amide bonds. The van der Waals surface area contributed by atoms with Crippen LogP contribution in [0, 0.1) is 17.3 Å². The Hall–Kier alpha value is -0.120. The Morgan fingerprint density at radius 1 is 1.08 bits per heavy atom. The van der Waals surface area contributed by atoms with Gasteiger partial charge in [-0.05, 0) is 75.8 Å². The van der Waals surface area contributed by atoms with Crippen molar-refractivity contribution in [2.75, 3.05) is 26.7 Å². The molecule has 0 spiro atoms. The number of fused-ring (bicyclic) bond motifs is 2. The van der Waals surface area contributed by atoms with E-state index in [9.17, 15) is 0 Å². The van der Waals surface area contributed by atoms with E-state index in [2.05, 4.69) is 43.8 Å². The summed E-state index contributed by atoms with van der Waals surface area (Å²) in [6.07, 6.45) is 14.2. The van der Waals surface area contributed by atoms with E-state index < -0.39 is 0 Å². The van der Waals surface area contributed by atoms with Crippen molar-refractivity contribution >= 4 is 0 Å². The van der Waals surface area contributed by atoms with Crippen molar-refractivity contribution in [3.8, 4) is 0 Å². The van der Waals surface area contributed by atoms with Crippen molar-refractivity contribution < 1.29 is 0 Å². The topological polar surface area (TPSA) is 36.1 Å². The molecule has 0 saturated heterocycles. The fourth-order valence-electron chi connectivity index (χ4n) is 5.20. The molecule has 25 heavy (non-hydrogen) atoms. The standard InChI is InChI=1S/C22H45N3/c1-5-7-8-20(16-25-21(17-23-4)18(3)6-2)24-14-13-22-11-9-19(15-22)10-12-22/h18-21,23-25H,5-17H2,1-4H3.